The second-order valence-corrected chi connectivity index (χ2v) is 4.53. The zero-order valence-corrected chi connectivity index (χ0v) is 11.4. The standard InChI is InChI=1S/C13H16ClN3O2/c1-19-12-7-11(14)6-10(13(12)18)8-15-2-4-17-5-3-16-9-17/h3,5-7,9,15,18H,2,4,8H2,1H3. The van der Waals surface area contributed by atoms with Gasteiger partial charge in [0.2, 0.25) is 0 Å². The van der Waals surface area contributed by atoms with Crippen LogP contribution in [0.25, 0.3) is 0 Å². The Bertz CT molecular complexity index is 529. The lowest BCUT2D eigenvalue weighted by Gasteiger charge is -2.11. The maximum atomic E-state index is 9.96. The minimum atomic E-state index is 0.127. The maximum Gasteiger partial charge on any atom is 0.162 e. The molecule has 0 fully saturated rings. The van der Waals surface area contributed by atoms with Crippen molar-refractivity contribution >= 4 is 11.6 Å². The molecule has 0 aliphatic rings. The van der Waals surface area contributed by atoms with Gasteiger partial charge in [0.05, 0.1) is 13.4 Å². The summed E-state index contributed by atoms with van der Waals surface area (Å²) in [4.78, 5) is 3.97. The molecule has 5 nitrogen and oxygen atoms in total. The van der Waals surface area contributed by atoms with Crippen molar-refractivity contribution in [3.05, 3.63) is 41.4 Å². The fourth-order valence-electron chi connectivity index (χ4n) is 1.77. The maximum absolute atomic E-state index is 9.96. The van der Waals surface area contributed by atoms with Crippen molar-refractivity contribution in [1.29, 1.82) is 0 Å². The van der Waals surface area contributed by atoms with Crippen molar-refractivity contribution in [1.82, 2.24) is 14.9 Å². The van der Waals surface area contributed by atoms with Crippen molar-refractivity contribution in [3.8, 4) is 11.5 Å². The molecule has 2 N–H and O–H groups in total. The second-order valence-electron chi connectivity index (χ2n) is 4.09. The number of imidazole rings is 1. The summed E-state index contributed by atoms with van der Waals surface area (Å²) < 4.78 is 7.03. The summed E-state index contributed by atoms with van der Waals surface area (Å²) in [7, 11) is 1.50. The molecule has 2 rings (SSSR count). The van der Waals surface area contributed by atoms with Crippen LogP contribution in [0.5, 0.6) is 11.5 Å². The van der Waals surface area contributed by atoms with Gasteiger partial charge in [0.25, 0.3) is 0 Å². The molecule has 0 aliphatic heterocycles. The molecule has 0 amide bonds. The first kappa shape index (κ1) is 13.7. The number of methoxy groups -OCH3 is 1. The predicted octanol–water partition coefficient (Wildman–Crippen LogP) is 2.04. The number of nitrogens with zero attached hydrogens (tertiary/aromatic N) is 2. The molecule has 0 spiro atoms. The van der Waals surface area contributed by atoms with Crippen LogP contribution in [-0.4, -0.2) is 28.3 Å². The van der Waals surface area contributed by atoms with Crippen molar-refractivity contribution in [3.63, 3.8) is 0 Å². The predicted molar refractivity (Wildman–Crippen MR) is 73.6 cm³/mol. The zero-order chi connectivity index (χ0) is 13.7. The minimum absolute atomic E-state index is 0.127. The molecule has 1 aromatic carbocycles. The number of aromatic nitrogens is 2. The van der Waals surface area contributed by atoms with Gasteiger partial charge in [-0.2, -0.15) is 0 Å². The molecule has 0 saturated heterocycles. The first-order chi connectivity index (χ1) is 9.20. The summed E-state index contributed by atoms with van der Waals surface area (Å²) in [6, 6.07) is 3.31. The largest absolute Gasteiger partial charge is 0.504 e. The Labute approximate surface area is 116 Å². The van der Waals surface area contributed by atoms with Crippen LogP contribution in [-0.2, 0) is 13.1 Å². The summed E-state index contributed by atoms with van der Waals surface area (Å²) in [5.41, 5.74) is 0.718. The zero-order valence-electron chi connectivity index (χ0n) is 10.6. The Morgan fingerprint density at radius 2 is 2.32 bits per heavy atom. The molecule has 6 heteroatoms. The lowest BCUT2D eigenvalue weighted by Crippen LogP contribution is -2.19. The van der Waals surface area contributed by atoms with Gasteiger partial charge in [-0.05, 0) is 6.07 Å². The average molecular weight is 282 g/mol. The van der Waals surface area contributed by atoms with E-state index in [-0.39, 0.29) is 5.75 Å². The molecule has 2 aromatic rings. The third-order valence-corrected chi connectivity index (χ3v) is 2.98. The van der Waals surface area contributed by atoms with E-state index in [1.807, 2.05) is 10.8 Å². The number of rotatable bonds is 6. The number of aromatic hydroxyl groups is 1. The lowest BCUT2D eigenvalue weighted by atomic mass is 10.2. The van der Waals surface area contributed by atoms with Gasteiger partial charge in [-0.3, -0.25) is 0 Å². The highest BCUT2D eigenvalue weighted by Gasteiger charge is 2.09. The van der Waals surface area contributed by atoms with Crippen molar-refractivity contribution < 1.29 is 9.84 Å². The van der Waals surface area contributed by atoms with Gasteiger partial charge >= 0.3 is 0 Å². The van der Waals surface area contributed by atoms with E-state index in [0.717, 1.165) is 18.7 Å². The summed E-state index contributed by atoms with van der Waals surface area (Å²) in [5.74, 6) is 0.515. The van der Waals surface area contributed by atoms with Gasteiger partial charge < -0.3 is 19.7 Å². The molecule has 1 heterocycles. The molecular weight excluding hydrogens is 266 g/mol. The van der Waals surface area contributed by atoms with Crippen LogP contribution in [0, 0.1) is 0 Å². The Kier molecular flexibility index (Phi) is 4.65. The minimum Gasteiger partial charge on any atom is -0.504 e. The van der Waals surface area contributed by atoms with Crippen molar-refractivity contribution in [2.45, 2.75) is 13.1 Å². The van der Waals surface area contributed by atoms with E-state index in [1.165, 1.54) is 7.11 Å². The summed E-state index contributed by atoms with van der Waals surface area (Å²) in [6.07, 6.45) is 5.41. The van der Waals surface area contributed by atoms with Gasteiger partial charge in [0, 0.05) is 48.7 Å². The highest BCUT2D eigenvalue weighted by atomic mass is 35.5. The fourth-order valence-corrected chi connectivity index (χ4v) is 2.00. The Balaban J connectivity index is 1.90. The van der Waals surface area contributed by atoms with E-state index >= 15 is 0 Å². The van der Waals surface area contributed by atoms with Crippen LogP contribution < -0.4 is 10.1 Å². The van der Waals surface area contributed by atoms with E-state index < -0.39 is 0 Å². The van der Waals surface area contributed by atoms with Crippen LogP contribution in [0.3, 0.4) is 0 Å². The topological polar surface area (TPSA) is 59.3 Å². The summed E-state index contributed by atoms with van der Waals surface area (Å²) in [5, 5.41) is 13.7. The second kappa shape index (κ2) is 6.45. The van der Waals surface area contributed by atoms with E-state index in [4.69, 9.17) is 16.3 Å². The normalized spacial score (nSPS) is 10.6. The lowest BCUT2D eigenvalue weighted by molar-refractivity contribution is 0.369. The Morgan fingerprint density at radius 3 is 3.00 bits per heavy atom. The van der Waals surface area contributed by atoms with Crippen LogP contribution in [0.15, 0.2) is 30.9 Å². The molecular formula is C13H16ClN3O2. The monoisotopic (exact) mass is 281 g/mol. The molecule has 0 bridgehead atoms. The number of halogens is 1. The number of nitrogens with one attached hydrogen (secondary N) is 1. The molecule has 0 saturated carbocycles. The van der Waals surface area contributed by atoms with Gasteiger partial charge in [-0.1, -0.05) is 11.6 Å². The van der Waals surface area contributed by atoms with Crippen LogP contribution in [0.1, 0.15) is 5.56 Å². The average Bonchev–Trinajstić information content (AvgIpc) is 2.91. The van der Waals surface area contributed by atoms with Crippen LogP contribution >= 0.6 is 11.6 Å². The van der Waals surface area contributed by atoms with E-state index in [1.54, 1.807) is 24.7 Å². The quantitative estimate of drug-likeness (QED) is 0.796. The summed E-state index contributed by atoms with van der Waals surface area (Å²) >= 11 is 5.96. The molecule has 102 valence electrons. The van der Waals surface area contributed by atoms with Crippen LogP contribution in [0.2, 0.25) is 5.02 Å². The number of hydrogen-bond acceptors (Lipinski definition) is 4. The molecule has 19 heavy (non-hydrogen) atoms. The SMILES string of the molecule is COc1cc(Cl)cc(CNCCn2ccnc2)c1O. The Hall–Kier alpha value is -1.72. The summed E-state index contributed by atoms with van der Waals surface area (Å²) in [6.45, 7) is 2.11. The highest BCUT2D eigenvalue weighted by Crippen LogP contribution is 2.33. The molecule has 0 aliphatic carbocycles. The van der Waals surface area contributed by atoms with E-state index in [2.05, 4.69) is 10.3 Å². The van der Waals surface area contributed by atoms with Gasteiger partial charge in [-0.25, -0.2) is 4.98 Å². The number of phenolic OH excluding ortho intramolecular Hbond substituents is 1. The third-order valence-electron chi connectivity index (χ3n) is 2.76. The van der Waals surface area contributed by atoms with E-state index in [0.29, 0.717) is 17.3 Å². The number of hydrogen-bond donors (Lipinski definition) is 2. The number of phenols is 1. The number of ether oxygens (including phenoxy) is 1. The highest BCUT2D eigenvalue weighted by molar-refractivity contribution is 6.30. The first-order valence-corrected chi connectivity index (χ1v) is 6.30. The number of benzene rings is 1. The van der Waals surface area contributed by atoms with Gasteiger partial charge in [0.15, 0.2) is 11.5 Å². The Morgan fingerprint density at radius 1 is 1.47 bits per heavy atom. The van der Waals surface area contributed by atoms with Crippen molar-refractivity contribution in [2.75, 3.05) is 13.7 Å². The molecule has 0 atom stereocenters. The first-order valence-electron chi connectivity index (χ1n) is 5.92. The van der Waals surface area contributed by atoms with Gasteiger partial charge in [-0.15, -0.1) is 0 Å². The third kappa shape index (κ3) is 3.62. The fraction of sp³-hybridized carbons (Fsp3) is 0.308. The molecule has 0 unspecified atom stereocenters. The van der Waals surface area contributed by atoms with Crippen molar-refractivity contribution in [2.24, 2.45) is 0 Å². The van der Waals surface area contributed by atoms with Crippen LogP contribution in [0.4, 0.5) is 0 Å². The van der Waals surface area contributed by atoms with Gasteiger partial charge in [0.1, 0.15) is 0 Å². The van der Waals surface area contributed by atoms with E-state index in [9.17, 15) is 5.11 Å². The smallest absolute Gasteiger partial charge is 0.162 e. The molecule has 0 radical (unpaired) electrons. The molecule has 1 aromatic heterocycles.